The molecule has 9 N–H and O–H groups in total. The van der Waals surface area contributed by atoms with Gasteiger partial charge in [-0.3, -0.25) is 5.41 Å². The standard InChI is InChI=1S/C21H19N3.CH5N3/c1-2-24-20-13-16(23)9-11-18(20)17-10-8-15(22)12-19(17)21(24)14-6-4-3-5-7-14;2-1(3)4/h3-13,23H,2,22H2,1H3;(H5,2,3,4)/p+1. The fraction of sp³-hybridized carbons (Fsp3) is 0.0909. The maximum atomic E-state index is 6.10. The summed E-state index contributed by atoms with van der Waals surface area (Å²) in [5.41, 5.74) is 26.2. The molecular formula is C22H25N6+. The Labute approximate surface area is 163 Å². The van der Waals surface area contributed by atoms with E-state index in [2.05, 4.69) is 71.5 Å². The topological polar surface area (TPSA) is 132 Å². The van der Waals surface area contributed by atoms with Crippen molar-refractivity contribution in [2.24, 2.45) is 11.5 Å². The van der Waals surface area contributed by atoms with Crippen molar-refractivity contribution in [2.75, 3.05) is 11.5 Å². The SMILES string of the molecule is CC[n+]1c(-c2ccccc2)c2cc(N)ccc2c2ccc(N)cc21.N=C(N)N. The van der Waals surface area contributed by atoms with Gasteiger partial charge in [0.2, 0.25) is 11.2 Å². The fourth-order valence-corrected chi connectivity index (χ4v) is 3.49. The third-order valence-electron chi connectivity index (χ3n) is 4.53. The third-order valence-corrected chi connectivity index (χ3v) is 4.53. The van der Waals surface area contributed by atoms with E-state index in [9.17, 15) is 0 Å². The highest BCUT2D eigenvalue weighted by Gasteiger charge is 2.22. The molecule has 0 fully saturated rings. The Morgan fingerprint density at radius 1 is 0.821 bits per heavy atom. The smallest absolute Gasteiger partial charge is 0.220 e. The van der Waals surface area contributed by atoms with Gasteiger partial charge in [-0.15, -0.1) is 0 Å². The van der Waals surface area contributed by atoms with E-state index in [1.54, 1.807) is 0 Å². The largest absolute Gasteiger partial charge is 0.399 e. The average Bonchev–Trinajstić information content (AvgIpc) is 2.66. The number of benzene rings is 3. The third kappa shape index (κ3) is 3.66. The predicted molar refractivity (Wildman–Crippen MR) is 118 cm³/mol. The number of hydrogen-bond donors (Lipinski definition) is 5. The number of hydrogen-bond acceptors (Lipinski definition) is 3. The number of nitrogens with zero attached hydrogens (tertiary/aromatic N) is 1. The summed E-state index contributed by atoms with van der Waals surface area (Å²) in [6.45, 7) is 3.02. The first-order valence-electron chi connectivity index (χ1n) is 9.01. The Bertz CT molecular complexity index is 1150. The van der Waals surface area contributed by atoms with Crippen LogP contribution in [0.4, 0.5) is 11.4 Å². The van der Waals surface area contributed by atoms with Crippen molar-refractivity contribution >= 4 is 39.0 Å². The van der Waals surface area contributed by atoms with Gasteiger partial charge in [-0.2, -0.15) is 4.57 Å². The van der Waals surface area contributed by atoms with E-state index in [1.165, 1.54) is 27.4 Å². The number of fused-ring (bicyclic) bond motifs is 3. The molecule has 4 aromatic rings. The quantitative estimate of drug-likeness (QED) is 0.121. The number of nitrogen functional groups attached to an aromatic ring is 2. The van der Waals surface area contributed by atoms with Crippen LogP contribution in [0.5, 0.6) is 0 Å². The van der Waals surface area contributed by atoms with Crippen molar-refractivity contribution in [3.63, 3.8) is 0 Å². The van der Waals surface area contributed by atoms with Crippen LogP contribution in [-0.4, -0.2) is 5.96 Å². The maximum Gasteiger partial charge on any atom is 0.220 e. The van der Waals surface area contributed by atoms with Gasteiger partial charge in [0.25, 0.3) is 0 Å². The summed E-state index contributed by atoms with van der Waals surface area (Å²) >= 11 is 0. The Kier molecular flexibility index (Phi) is 5.31. The zero-order valence-corrected chi connectivity index (χ0v) is 15.8. The molecule has 0 amide bonds. The summed E-state index contributed by atoms with van der Waals surface area (Å²) in [5.74, 6) is -0.333. The van der Waals surface area contributed by atoms with Crippen molar-refractivity contribution in [2.45, 2.75) is 13.5 Å². The first-order valence-corrected chi connectivity index (χ1v) is 9.01. The molecule has 0 spiro atoms. The molecule has 6 nitrogen and oxygen atoms in total. The lowest BCUT2D eigenvalue weighted by molar-refractivity contribution is -0.655. The van der Waals surface area contributed by atoms with Crippen LogP contribution in [0, 0.1) is 5.41 Å². The molecule has 1 aromatic heterocycles. The number of nitrogens with one attached hydrogen (secondary N) is 1. The average molecular weight is 373 g/mol. The summed E-state index contributed by atoms with van der Waals surface area (Å²) in [6.07, 6.45) is 0. The van der Waals surface area contributed by atoms with Crippen LogP contribution in [0.3, 0.4) is 0 Å². The van der Waals surface area contributed by atoms with Crippen molar-refractivity contribution in [1.29, 1.82) is 5.41 Å². The molecule has 28 heavy (non-hydrogen) atoms. The van der Waals surface area contributed by atoms with Gasteiger partial charge in [0.15, 0.2) is 5.96 Å². The normalized spacial score (nSPS) is 10.5. The lowest BCUT2D eigenvalue weighted by Gasteiger charge is -2.12. The van der Waals surface area contributed by atoms with Crippen LogP contribution in [0.15, 0.2) is 66.7 Å². The molecule has 6 heteroatoms. The molecule has 4 rings (SSSR count). The lowest BCUT2D eigenvalue weighted by Crippen LogP contribution is -2.36. The van der Waals surface area contributed by atoms with Gasteiger partial charge in [-0.05, 0) is 43.3 Å². The molecule has 0 aliphatic rings. The second-order valence-corrected chi connectivity index (χ2v) is 6.50. The van der Waals surface area contributed by atoms with E-state index < -0.39 is 0 Å². The van der Waals surface area contributed by atoms with Crippen LogP contribution < -0.4 is 27.5 Å². The van der Waals surface area contributed by atoms with Crippen LogP contribution in [0.1, 0.15) is 6.92 Å². The first kappa shape index (κ1) is 19.0. The number of aryl methyl sites for hydroxylation is 1. The van der Waals surface area contributed by atoms with Crippen LogP contribution in [0.2, 0.25) is 0 Å². The number of pyridine rings is 1. The van der Waals surface area contributed by atoms with Gasteiger partial charge in [0, 0.05) is 28.4 Å². The molecule has 142 valence electrons. The van der Waals surface area contributed by atoms with Gasteiger partial charge < -0.3 is 22.9 Å². The monoisotopic (exact) mass is 373 g/mol. The van der Waals surface area contributed by atoms with Gasteiger partial charge in [0.05, 0.1) is 10.8 Å². The minimum Gasteiger partial charge on any atom is -0.399 e. The molecule has 0 saturated heterocycles. The minimum atomic E-state index is -0.333. The highest BCUT2D eigenvalue weighted by molar-refractivity contribution is 6.10. The van der Waals surface area contributed by atoms with E-state index in [0.717, 1.165) is 23.4 Å². The summed E-state index contributed by atoms with van der Waals surface area (Å²) in [6, 6.07) is 22.7. The van der Waals surface area contributed by atoms with Crippen molar-refractivity contribution < 1.29 is 4.57 Å². The Balaban J connectivity index is 0.000000516. The summed E-state index contributed by atoms with van der Waals surface area (Å²) in [4.78, 5) is 0. The molecular weight excluding hydrogens is 348 g/mol. The molecule has 0 unspecified atom stereocenters. The van der Waals surface area contributed by atoms with Crippen molar-refractivity contribution in [3.8, 4) is 11.3 Å². The summed E-state index contributed by atoms with van der Waals surface area (Å²) in [5, 5.41) is 9.61. The second-order valence-electron chi connectivity index (χ2n) is 6.50. The zero-order chi connectivity index (χ0) is 20.3. The molecule has 0 aliphatic heterocycles. The number of aromatic nitrogens is 1. The molecule has 0 aliphatic carbocycles. The molecule has 0 radical (unpaired) electrons. The van der Waals surface area contributed by atoms with Crippen LogP contribution in [0.25, 0.3) is 32.9 Å². The first-order chi connectivity index (χ1) is 13.4. The van der Waals surface area contributed by atoms with Crippen molar-refractivity contribution in [1.82, 2.24) is 0 Å². The molecule has 0 atom stereocenters. The Morgan fingerprint density at radius 2 is 1.39 bits per heavy atom. The fourth-order valence-electron chi connectivity index (χ4n) is 3.49. The van der Waals surface area contributed by atoms with E-state index >= 15 is 0 Å². The van der Waals surface area contributed by atoms with Gasteiger partial charge in [-0.25, -0.2) is 0 Å². The number of guanidine groups is 1. The zero-order valence-electron chi connectivity index (χ0n) is 15.8. The van der Waals surface area contributed by atoms with E-state index in [-0.39, 0.29) is 5.96 Å². The van der Waals surface area contributed by atoms with Crippen LogP contribution in [-0.2, 0) is 6.54 Å². The lowest BCUT2D eigenvalue weighted by atomic mass is 9.98. The highest BCUT2D eigenvalue weighted by Crippen LogP contribution is 2.33. The number of nitrogens with two attached hydrogens (primary N) is 4. The number of rotatable bonds is 2. The minimum absolute atomic E-state index is 0.333. The van der Waals surface area contributed by atoms with E-state index in [1.807, 2.05) is 18.2 Å². The van der Waals surface area contributed by atoms with E-state index in [4.69, 9.17) is 16.9 Å². The Morgan fingerprint density at radius 3 is 2.00 bits per heavy atom. The highest BCUT2D eigenvalue weighted by atomic mass is 15.0. The summed E-state index contributed by atoms with van der Waals surface area (Å²) in [7, 11) is 0. The van der Waals surface area contributed by atoms with Gasteiger partial charge in [0.1, 0.15) is 6.54 Å². The second kappa shape index (κ2) is 7.84. The summed E-state index contributed by atoms with van der Waals surface area (Å²) < 4.78 is 2.32. The number of anilines is 2. The van der Waals surface area contributed by atoms with Gasteiger partial charge in [-0.1, -0.05) is 24.3 Å². The van der Waals surface area contributed by atoms with E-state index in [0.29, 0.717) is 0 Å². The molecule has 1 heterocycles. The van der Waals surface area contributed by atoms with Crippen molar-refractivity contribution in [3.05, 3.63) is 66.7 Å². The molecule has 0 bridgehead atoms. The molecule has 0 saturated carbocycles. The predicted octanol–water partition coefficient (Wildman–Crippen LogP) is 2.97. The molecule has 3 aromatic carbocycles. The Hall–Kier alpha value is -3.80. The van der Waals surface area contributed by atoms with Gasteiger partial charge >= 0.3 is 0 Å². The maximum absolute atomic E-state index is 6.10. The van der Waals surface area contributed by atoms with Crippen LogP contribution >= 0.6 is 0 Å².